The number of methoxy groups -OCH3 is 1. The third-order valence-corrected chi connectivity index (χ3v) is 3.28. The smallest absolute Gasteiger partial charge is 0.120 e. The molecule has 0 aliphatic heterocycles. The Hall–Kier alpha value is -1.74. The van der Waals surface area contributed by atoms with E-state index < -0.39 is 0 Å². The SMILES string of the molecule is COc1cccc(C(C)NC(C)c2ccc(C)o2)c1. The molecular weight excluding hydrogens is 238 g/mol. The average molecular weight is 259 g/mol. The Labute approximate surface area is 114 Å². The summed E-state index contributed by atoms with van der Waals surface area (Å²) < 4.78 is 10.9. The highest BCUT2D eigenvalue weighted by atomic mass is 16.5. The van der Waals surface area contributed by atoms with Crippen molar-refractivity contribution in [1.29, 1.82) is 0 Å². The minimum Gasteiger partial charge on any atom is -0.497 e. The fourth-order valence-corrected chi connectivity index (χ4v) is 2.15. The van der Waals surface area contributed by atoms with Crippen LogP contribution in [0.4, 0.5) is 0 Å². The third kappa shape index (κ3) is 3.38. The van der Waals surface area contributed by atoms with Gasteiger partial charge in [-0.2, -0.15) is 0 Å². The summed E-state index contributed by atoms with van der Waals surface area (Å²) in [6.45, 7) is 6.21. The Balaban J connectivity index is 2.05. The molecule has 0 fully saturated rings. The van der Waals surface area contributed by atoms with E-state index in [2.05, 4.69) is 31.3 Å². The number of aryl methyl sites for hydroxylation is 1. The van der Waals surface area contributed by atoms with Crippen LogP contribution in [0.2, 0.25) is 0 Å². The van der Waals surface area contributed by atoms with Crippen LogP contribution in [0.25, 0.3) is 0 Å². The molecule has 0 bridgehead atoms. The molecule has 0 spiro atoms. The highest BCUT2D eigenvalue weighted by Crippen LogP contribution is 2.23. The maximum atomic E-state index is 5.64. The molecule has 0 aliphatic carbocycles. The molecule has 0 amide bonds. The monoisotopic (exact) mass is 259 g/mol. The van der Waals surface area contributed by atoms with Gasteiger partial charge in [-0.15, -0.1) is 0 Å². The first-order chi connectivity index (χ1) is 9.10. The molecule has 3 nitrogen and oxygen atoms in total. The predicted molar refractivity (Wildman–Crippen MR) is 76.4 cm³/mol. The van der Waals surface area contributed by atoms with Crippen molar-refractivity contribution in [2.24, 2.45) is 0 Å². The van der Waals surface area contributed by atoms with Gasteiger partial charge < -0.3 is 14.5 Å². The van der Waals surface area contributed by atoms with E-state index in [0.29, 0.717) is 0 Å². The first-order valence-electron chi connectivity index (χ1n) is 6.56. The average Bonchev–Trinajstić information content (AvgIpc) is 2.85. The maximum absolute atomic E-state index is 5.64. The van der Waals surface area contributed by atoms with Crippen molar-refractivity contribution in [3.8, 4) is 5.75 Å². The molecule has 1 aromatic heterocycles. The van der Waals surface area contributed by atoms with E-state index in [1.807, 2.05) is 31.2 Å². The topological polar surface area (TPSA) is 34.4 Å². The number of furan rings is 1. The molecule has 3 heteroatoms. The van der Waals surface area contributed by atoms with Crippen LogP contribution in [0.1, 0.15) is 43.0 Å². The van der Waals surface area contributed by atoms with Gasteiger partial charge in [-0.05, 0) is 50.6 Å². The van der Waals surface area contributed by atoms with Crippen molar-refractivity contribution in [2.75, 3.05) is 7.11 Å². The minimum absolute atomic E-state index is 0.176. The van der Waals surface area contributed by atoms with Gasteiger partial charge in [0.15, 0.2) is 0 Å². The third-order valence-electron chi connectivity index (χ3n) is 3.28. The number of rotatable bonds is 5. The van der Waals surface area contributed by atoms with Crippen molar-refractivity contribution < 1.29 is 9.15 Å². The number of hydrogen-bond donors (Lipinski definition) is 1. The van der Waals surface area contributed by atoms with Crippen LogP contribution >= 0.6 is 0 Å². The number of benzene rings is 1. The Morgan fingerprint density at radius 3 is 2.53 bits per heavy atom. The number of nitrogens with one attached hydrogen (secondary N) is 1. The molecular formula is C16H21NO2. The molecule has 19 heavy (non-hydrogen) atoms. The Morgan fingerprint density at radius 1 is 1.11 bits per heavy atom. The Bertz CT molecular complexity index is 533. The highest BCUT2D eigenvalue weighted by molar-refractivity contribution is 5.30. The second-order valence-electron chi connectivity index (χ2n) is 4.84. The Morgan fingerprint density at radius 2 is 1.89 bits per heavy atom. The lowest BCUT2D eigenvalue weighted by atomic mass is 10.1. The van der Waals surface area contributed by atoms with Crippen LogP contribution < -0.4 is 10.1 Å². The van der Waals surface area contributed by atoms with Crippen LogP contribution in [0.5, 0.6) is 5.75 Å². The molecule has 1 heterocycles. The molecule has 0 saturated carbocycles. The summed E-state index contributed by atoms with van der Waals surface area (Å²) in [5, 5.41) is 3.53. The molecule has 2 rings (SSSR count). The van der Waals surface area contributed by atoms with Gasteiger partial charge in [0.25, 0.3) is 0 Å². The first kappa shape index (κ1) is 13.7. The summed E-state index contributed by atoms with van der Waals surface area (Å²) in [5.74, 6) is 2.79. The summed E-state index contributed by atoms with van der Waals surface area (Å²) in [4.78, 5) is 0. The van der Waals surface area contributed by atoms with Gasteiger partial charge in [0.1, 0.15) is 17.3 Å². The largest absolute Gasteiger partial charge is 0.497 e. The molecule has 102 valence electrons. The van der Waals surface area contributed by atoms with Crippen LogP contribution in [-0.4, -0.2) is 7.11 Å². The zero-order valence-electron chi connectivity index (χ0n) is 11.9. The fourth-order valence-electron chi connectivity index (χ4n) is 2.15. The van der Waals surface area contributed by atoms with E-state index in [1.54, 1.807) is 7.11 Å². The van der Waals surface area contributed by atoms with E-state index in [1.165, 1.54) is 5.56 Å². The van der Waals surface area contributed by atoms with E-state index in [9.17, 15) is 0 Å². The van der Waals surface area contributed by atoms with Gasteiger partial charge >= 0.3 is 0 Å². The molecule has 2 aromatic rings. The number of ether oxygens (including phenoxy) is 1. The van der Waals surface area contributed by atoms with Crippen LogP contribution in [0.15, 0.2) is 40.8 Å². The zero-order valence-corrected chi connectivity index (χ0v) is 11.9. The van der Waals surface area contributed by atoms with Crippen molar-refractivity contribution in [3.63, 3.8) is 0 Å². The predicted octanol–water partition coefficient (Wildman–Crippen LogP) is 4.01. The van der Waals surface area contributed by atoms with Crippen molar-refractivity contribution in [1.82, 2.24) is 5.32 Å². The molecule has 2 atom stereocenters. The maximum Gasteiger partial charge on any atom is 0.120 e. The van der Waals surface area contributed by atoms with Crippen molar-refractivity contribution in [3.05, 3.63) is 53.5 Å². The molecule has 0 radical (unpaired) electrons. The molecule has 0 aliphatic rings. The van der Waals surface area contributed by atoms with E-state index in [-0.39, 0.29) is 12.1 Å². The molecule has 1 N–H and O–H groups in total. The summed E-state index contributed by atoms with van der Waals surface area (Å²) in [5.41, 5.74) is 1.20. The van der Waals surface area contributed by atoms with Crippen LogP contribution in [0.3, 0.4) is 0 Å². The van der Waals surface area contributed by atoms with Gasteiger partial charge in [0, 0.05) is 6.04 Å². The van der Waals surface area contributed by atoms with Gasteiger partial charge in [-0.1, -0.05) is 12.1 Å². The van der Waals surface area contributed by atoms with Crippen LogP contribution in [0, 0.1) is 6.92 Å². The van der Waals surface area contributed by atoms with Crippen molar-refractivity contribution >= 4 is 0 Å². The molecule has 2 unspecified atom stereocenters. The van der Waals surface area contributed by atoms with Gasteiger partial charge in [0.05, 0.1) is 13.2 Å². The van der Waals surface area contributed by atoms with E-state index in [0.717, 1.165) is 17.3 Å². The fraction of sp³-hybridized carbons (Fsp3) is 0.375. The summed E-state index contributed by atoms with van der Waals surface area (Å²) in [6.07, 6.45) is 0. The van der Waals surface area contributed by atoms with E-state index in [4.69, 9.17) is 9.15 Å². The second-order valence-corrected chi connectivity index (χ2v) is 4.84. The van der Waals surface area contributed by atoms with E-state index >= 15 is 0 Å². The lowest BCUT2D eigenvalue weighted by molar-refractivity contribution is 0.390. The zero-order chi connectivity index (χ0) is 13.8. The minimum atomic E-state index is 0.176. The van der Waals surface area contributed by atoms with Gasteiger partial charge in [-0.25, -0.2) is 0 Å². The van der Waals surface area contributed by atoms with Crippen molar-refractivity contribution in [2.45, 2.75) is 32.9 Å². The van der Waals surface area contributed by atoms with Gasteiger partial charge in [-0.3, -0.25) is 0 Å². The second kappa shape index (κ2) is 5.93. The standard InChI is InChI=1S/C16H21NO2/c1-11-8-9-16(19-11)13(3)17-12(2)14-6-5-7-15(10-14)18-4/h5-10,12-13,17H,1-4H3. The normalized spacial score (nSPS) is 14.1. The molecule has 1 aromatic carbocycles. The lowest BCUT2D eigenvalue weighted by Gasteiger charge is -2.19. The summed E-state index contributed by atoms with van der Waals surface area (Å²) >= 11 is 0. The van der Waals surface area contributed by atoms with Gasteiger partial charge in [0.2, 0.25) is 0 Å². The first-order valence-corrected chi connectivity index (χ1v) is 6.56. The van der Waals surface area contributed by atoms with Crippen LogP contribution in [-0.2, 0) is 0 Å². The highest BCUT2D eigenvalue weighted by Gasteiger charge is 2.14. The number of hydrogen-bond acceptors (Lipinski definition) is 3. The summed E-state index contributed by atoms with van der Waals surface area (Å²) in [6, 6.07) is 12.5. The Kier molecular flexibility index (Phi) is 4.27. The summed E-state index contributed by atoms with van der Waals surface area (Å²) in [7, 11) is 1.69. The molecule has 0 saturated heterocycles. The quantitative estimate of drug-likeness (QED) is 0.881. The lowest BCUT2D eigenvalue weighted by Crippen LogP contribution is -2.22.